The maximum absolute atomic E-state index is 8.78. The number of hydrogen-bond acceptors (Lipinski definition) is 15. The molecule has 2 N–H and O–H groups in total. The number of anilines is 2. The molecular formula is C50H49BCl2N14O2. The molecular weight excluding hydrogens is 910 g/mol. The van der Waals surface area contributed by atoms with Gasteiger partial charge in [0, 0.05) is 99.9 Å². The van der Waals surface area contributed by atoms with E-state index < -0.39 is 7.12 Å². The van der Waals surface area contributed by atoms with E-state index in [0.29, 0.717) is 50.8 Å². The molecule has 0 aliphatic heterocycles. The first kappa shape index (κ1) is 47.2. The van der Waals surface area contributed by atoms with E-state index in [-0.39, 0.29) is 0 Å². The zero-order chi connectivity index (χ0) is 47.9. The number of nitrogens with zero attached hydrogens (tertiary/aromatic N) is 14. The molecule has 69 heavy (non-hydrogen) atoms. The highest BCUT2D eigenvalue weighted by atomic mass is 35.5. The van der Waals surface area contributed by atoms with Crippen molar-refractivity contribution in [1.82, 2.24) is 64.4 Å². The van der Waals surface area contributed by atoms with Gasteiger partial charge in [0.1, 0.15) is 17.3 Å². The fourth-order valence-corrected chi connectivity index (χ4v) is 7.69. The predicted molar refractivity (Wildman–Crippen MR) is 268 cm³/mol. The highest BCUT2D eigenvalue weighted by molar-refractivity contribution is 6.58. The van der Waals surface area contributed by atoms with Crippen LogP contribution in [0.25, 0.3) is 39.2 Å². The van der Waals surface area contributed by atoms with Crippen LogP contribution in [-0.4, -0.2) is 88.7 Å². The zero-order valence-electron chi connectivity index (χ0n) is 38.3. The highest BCUT2D eigenvalue weighted by Gasteiger charge is 2.27. The molecule has 16 nitrogen and oxygen atoms in total. The molecule has 0 spiro atoms. The third-order valence-electron chi connectivity index (χ3n) is 11.8. The number of aryl methyl sites for hydroxylation is 2. The molecule has 3 aliphatic carbocycles. The van der Waals surface area contributed by atoms with Crippen LogP contribution in [0.5, 0.6) is 0 Å². The summed E-state index contributed by atoms with van der Waals surface area (Å²) < 4.78 is 1.81. The van der Waals surface area contributed by atoms with Gasteiger partial charge in [0.25, 0.3) is 5.78 Å². The molecule has 0 amide bonds. The molecule has 8 heterocycles. The summed E-state index contributed by atoms with van der Waals surface area (Å²) in [5, 5.41) is 27.7. The number of hydrogen-bond donors (Lipinski definition) is 2. The van der Waals surface area contributed by atoms with Gasteiger partial charge < -0.3 is 14.9 Å². The third-order valence-corrected chi connectivity index (χ3v) is 12.2. The largest absolute Gasteiger partial charge is 0.490 e. The van der Waals surface area contributed by atoms with Gasteiger partial charge in [-0.25, -0.2) is 15.0 Å². The average Bonchev–Trinajstić information content (AvgIpc) is 4.26. The van der Waals surface area contributed by atoms with E-state index >= 15 is 0 Å². The van der Waals surface area contributed by atoms with Gasteiger partial charge in [-0.05, 0) is 99.9 Å². The lowest BCUT2D eigenvalue weighted by Crippen LogP contribution is -2.30. The second kappa shape index (κ2) is 21.6. The lowest BCUT2D eigenvalue weighted by molar-refractivity contribution is 0.425. The minimum Gasteiger partial charge on any atom is -0.423 e. The molecule has 9 aromatic rings. The Morgan fingerprint density at radius 2 is 1.19 bits per heavy atom. The van der Waals surface area contributed by atoms with E-state index in [1.807, 2.05) is 66.1 Å². The van der Waals surface area contributed by atoms with Gasteiger partial charge in [0.05, 0.1) is 53.1 Å². The van der Waals surface area contributed by atoms with Gasteiger partial charge in [-0.1, -0.05) is 43.1 Å². The lowest BCUT2D eigenvalue weighted by atomic mass is 9.81. The topological polar surface area (TPSA) is 203 Å². The Morgan fingerprint density at radius 1 is 0.623 bits per heavy atom. The number of benzene rings is 1. The van der Waals surface area contributed by atoms with Gasteiger partial charge in [0.2, 0.25) is 0 Å². The molecule has 0 radical (unpaired) electrons. The highest BCUT2D eigenvalue weighted by Crippen LogP contribution is 2.40. The van der Waals surface area contributed by atoms with Crippen molar-refractivity contribution in [3.8, 4) is 22.5 Å². The van der Waals surface area contributed by atoms with Crippen LogP contribution in [0.4, 0.5) is 11.6 Å². The monoisotopic (exact) mass is 958 g/mol. The predicted octanol–water partition coefficient (Wildman–Crippen LogP) is 8.74. The fourth-order valence-electron chi connectivity index (χ4n) is 7.35. The van der Waals surface area contributed by atoms with E-state index in [1.165, 1.54) is 56.6 Å². The molecule has 348 valence electrons. The van der Waals surface area contributed by atoms with Crippen LogP contribution in [0.15, 0.2) is 117 Å². The van der Waals surface area contributed by atoms with E-state index in [2.05, 4.69) is 81.3 Å². The SMILES string of the molecule is CCc1cncc(-c2ccc(C3CC3)nc2)n1.CCc1cncc(Cl)n1.CN(c1cncc(-c2ccc(C3CC3)nc2)n1)c1nc2nncn2c2cc(Cl)ccc12.OB(O)c1ccc(C2CC2)nc1. The first-order chi connectivity index (χ1) is 33.6. The fraction of sp³-hybridized carbons (Fsp3) is 0.280. The van der Waals surface area contributed by atoms with E-state index in [0.717, 1.165) is 69.0 Å². The summed E-state index contributed by atoms with van der Waals surface area (Å²) in [4.78, 5) is 45.7. The van der Waals surface area contributed by atoms with Gasteiger partial charge in [0.15, 0.2) is 5.82 Å². The molecule has 12 rings (SSSR count). The van der Waals surface area contributed by atoms with Crippen molar-refractivity contribution in [3.05, 3.63) is 155 Å². The summed E-state index contributed by atoms with van der Waals surface area (Å²) in [5.41, 5.74) is 10.4. The van der Waals surface area contributed by atoms with Crippen molar-refractivity contribution in [2.24, 2.45) is 0 Å². The molecule has 0 unspecified atom stereocenters. The molecule has 3 fully saturated rings. The van der Waals surface area contributed by atoms with Crippen LogP contribution in [0.2, 0.25) is 10.2 Å². The summed E-state index contributed by atoms with van der Waals surface area (Å²) in [6.45, 7) is 4.10. The smallest absolute Gasteiger partial charge is 0.423 e. The first-order valence-corrected chi connectivity index (χ1v) is 23.8. The van der Waals surface area contributed by atoms with Crippen LogP contribution in [0, 0.1) is 0 Å². The molecule has 19 heteroatoms. The number of pyridine rings is 3. The Balaban J connectivity index is 0.000000130. The summed E-state index contributed by atoms with van der Waals surface area (Å²) in [6.07, 6.45) is 26.5. The van der Waals surface area contributed by atoms with Crippen LogP contribution in [0.3, 0.4) is 0 Å². The normalized spacial score (nSPS) is 13.9. The van der Waals surface area contributed by atoms with Crippen LogP contribution in [0.1, 0.15) is 98.6 Å². The Bertz CT molecular complexity index is 3130. The second-order valence-electron chi connectivity index (χ2n) is 17.0. The number of rotatable bonds is 10. The van der Waals surface area contributed by atoms with Crippen LogP contribution < -0.4 is 10.4 Å². The van der Waals surface area contributed by atoms with E-state index in [9.17, 15) is 0 Å². The van der Waals surface area contributed by atoms with Gasteiger partial charge in [-0.3, -0.25) is 34.3 Å². The Morgan fingerprint density at radius 3 is 1.71 bits per heavy atom. The third kappa shape index (κ3) is 12.0. The Kier molecular flexibility index (Phi) is 14.8. The van der Waals surface area contributed by atoms with E-state index in [1.54, 1.807) is 37.2 Å². The van der Waals surface area contributed by atoms with Crippen molar-refractivity contribution >= 4 is 64.1 Å². The van der Waals surface area contributed by atoms with Gasteiger partial charge >= 0.3 is 7.12 Å². The molecule has 3 saturated carbocycles. The first-order valence-electron chi connectivity index (χ1n) is 23.0. The quantitative estimate of drug-likeness (QED) is 0.123. The molecule has 0 atom stereocenters. The number of fused-ring (bicyclic) bond motifs is 3. The molecule has 0 saturated heterocycles. The van der Waals surface area contributed by atoms with Crippen molar-refractivity contribution in [2.45, 2.75) is 83.0 Å². The minimum absolute atomic E-state index is 0.458. The molecule has 0 bridgehead atoms. The van der Waals surface area contributed by atoms with Crippen molar-refractivity contribution in [1.29, 1.82) is 0 Å². The molecule has 8 aromatic heterocycles. The average molecular weight is 960 g/mol. The Hall–Kier alpha value is -6.92. The number of aromatic nitrogens is 13. The lowest BCUT2D eigenvalue weighted by Gasteiger charge is -2.19. The molecule has 3 aliphatic rings. The maximum atomic E-state index is 8.78. The van der Waals surface area contributed by atoms with Crippen molar-refractivity contribution in [3.63, 3.8) is 0 Å². The van der Waals surface area contributed by atoms with Crippen molar-refractivity contribution in [2.75, 3.05) is 11.9 Å². The second-order valence-corrected chi connectivity index (χ2v) is 17.8. The van der Waals surface area contributed by atoms with Crippen LogP contribution in [-0.2, 0) is 12.8 Å². The number of halogens is 2. The minimum atomic E-state index is -1.40. The summed E-state index contributed by atoms with van der Waals surface area (Å²) in [6, 6.07) is 17.6. The Labute approximate surface area is 409 Å². The zero-order valence-corrected chi connectivity index (χ0v) is 39.9. The van der Waals surface area contributed by atoms with E-state index in [4.69, 9.17) is 43.2 Å². The van der Waals surface area contributed by atoms with Gasteiger partial charge in [-0.15, -0.1) is 10.2 Å². The standard InChI is InChI=1S/C22H17ClN8.C14H15N3.C8H10BNO2.C6H7ClN2/c1-30(21-16-6-5-15(23)8-19(16)31-12-26-29-22(31)28-21)20-11-24-10-18(27-20)14-4-7-17(25-9-14)13-2-3-13;1-2-12-8-15-9-14(17-12)11-5-6-13(16-7-11)10-3-4-10;11-9(12)7-3-4-8(10-5-7)6-1-2-6;1-2-5-3-8-4-6(7)9-5/h4-13H,2-3H2,1H3;5-10H,2-4H2,1H3;3-6,11-12H,1-2H2;3-4H,2H2,1H3. The van der Waals surface area contributed by atoms with Crippen LogP contribution >= 0.6 is 23.2 Å². The molecule has 1 aromatic carbocycles. The summed E-state index contributed by atoms with van der Waals surface area (Å²) in [5.74, 6) is 3.79. The van der Waals surface area contributed by atoms with Crippen molar-refractivity contribution < 1.29 is 10.0 Å². The summed E-state index contributed by atoms with van der Waals surface area (Å²) in [7, 11) is 0.511. The summed E-state index contributed by atoms with van der Waals surface area (Å²) >= 11 is 11.8. The maximum Gasteiger partial charge on any atom is 0.490 e. The van der Waals surface area contributed by atoms with Gasteiger partial charge in [-0.2, -0.15) is 4.98 Å².